The third-order valence-corrected chi connectivity index (χ3v) is 10.8. The summed E-state index contributed by atoms with van der Waals surface area (Å²) < 4.78 is 8.86. The normalized spacial score (nSPS) is 19.1. The van der Waals surface area contributed by atoms with E-state index in [0.717, 1.165) is 65.5 Å². The van der Waals surface area contributed by atoms with E-state index in [0.29, 0.717) is 59.0 Å². The molecule has 1 amide bonds. The summed E-state index contributed by atoms with van der Waals surface area (Å²) in [5.74, 6) is 1.21. The Kier molecular flexibility index (Phi) is 10.4. The second-order valence-electron chi connectivity index (χ2n) is 13.4. The molecule has 1 saturated heterocycles. The number of aliphatic hydroxyl groups is 1. The average Bonchev–Trinajstić information content (AvgIpc) is 3.76. The molecule has 3 aromatic heterocycles. The molecule has 2 aromatic carbocycles. The van der Waals surface area contributed by atoms with Crippen LogP contribution in [0.3, 0.4) is 0 Å². The number of rotatable bonds is 11. The minimum Gasteiger partial charge on any atom is -0.481 e. The number of carbonyl (C=O) groups excluding carboxylic acids is 1. The lowest BCUT2D eigenvalue weighted by atomic mass is 9.93. The highest BCUT2D eigenvalue weighted by Crippen LogP contribution is 2.42. The molecule has 2 aliphatic rings. The lowest BCUT2D eigenvalue weighted by molar-refractivity contribution is -0.119. The number of benzene rings is 2. The Bertz CT molecular complexity index is 2140. The van der Waals surface area contributed by atoms with Crippen LogP contribution in [0.25, 0.3) is 39.0 Å². The van der Waals surface area contributed by atoms with Gasteiger partial charge >= 0.3 is 0 Å². The van der Waals surface area contributed by atoms with E-state index in [4.69, 9.17) is 38.0 Å². The number of hydrogen-bond donors (Lipinski definition) is 4. The Morgan fingerprint density at radius 2 is 1.65 bits per heavy atom. The van der Waals surface area contributed by atoms with Crippen molar-refractivity contribution in [1.29, 1.82) is 0 Å². The van der Waals surface area contributed by atoms with Crippen LogP contribution in [-0.4, -0.2) is 62.0 Å². The summed E-state index contributed by atoms with van der Waals surface area (Å²) in [4.78, 5) is 29.7. The number of carbonyl (C=O) groups is 1. The van der Waals surface area contributed by atoms with Gasteiger partial charge < -0.3 is 25.8 Å². The Balaban J connectivity index is 1.13. The molecule has 1 atom stereocenters. The number of amides is 1. The number of nitrogens with zero attached hydrogens (tertiary/aromatic N) is 4. The number of ether oxygens (including phenoxy) is 1. The van der Waals surface area contributed by atoms with Crippen molar-refractivity contribution >= 4 is 34.6 Å². The molecule has 0 radical (unpaired) electrons. The highest BCUT2D eigenvalue weighted by molar-refractivity contribution is 6.39. The number of aliphatic hydroxyl groups excluding tert-OH is 1. The monoisotopic (exact) mass is 729 g/mol. The third-order valence-electron chi connectivity index (χ3n) is 9.98. The van der Waals surface area contributed by atoms with E-state index in [1.165, 1.54) is 0 Å². The summed E-state index contributed by atoms with van der Waals surface area (Å²) in [6.45, 7) is 1.66. The smallest absolute Gasteiger partial charge is 0.277 e. The summed E-state index contributed by atoms with van der Waals surface area (Å²) in [6, 6.07) is 17.6. The van der Waals surface area contributed by atoms with Crippen LogP contribution < -0.4 is 26.2 Å². The van der Waals surface area contributed by atoms with Crippen molar-refractivity contribution < 1.29 is 14.6 Å². The van der Waals surface area contributed by atoms with Gasteiger partial charge in [0.15, 0.2) is 0 Å². The van der Waals surface area contributed by atoms with Crippen LogP contribution in [0.5, 0.6) is 5.88 Å². The summed E-state index contributed by atoms with van der Waals surface area (Å²) in [5, 5.41) is 25.5. The number of pyridine rings is 1. The SMILES string of the molecule is COc1nc(-c2cccc(-c3cccc(-c4cc5c(=O)n(C)c(CN[C@H]6CC[C@H](O)CC6)nn5c4)c3Cl)c2Cl)ccc1CNC[C@H]1CCC(=O)N1. The lowest BCUT2D eigenvalue weighted by Gasteiger charge is -2.26. The predicted molar refractivity (Wildman–Crippen MR) is 199 cm³/mol. The topological polar surface area (TPSA) is 135 Å². The number of nitrogens with one attached hydrogen (secondary N) is 3. The van der Waals surface area contributed by atoms with Gasteiger partial charge in [0.1, 0.15) is 11.3 Å². The highest BCUT2D eigenvalue weighted by atomic mass is 35.5. The second kappa shape index (κ2) is 15.1. The molecule has 1 saturated carbocycles. The fourth-order valence-electron chi connectivity index (χ4n) is 7.03. The van der Waals surface area contributed by atoms with E-state index >= 15 is 0 Å². The van der Waals surface area contributed by atoms with E-state index in [1.54, 1.807) is 23.2 Å². The van der Waals surface area contributed by atoms with Crippen LogP contribution >= 0.6 is 23.2 Å². The number of halogens is 2. The fraction of sp³-hybridized carbons (Fsp3) is 0.368. The fourth-order valence-corrected chi connectivity index (χ4v) is 7.70. The van der Waals surface area contributed by atoms with Crippen molar-refractivity contribution in [3.05, 3.63) is 92.6 Å². The van der Waals surface area contributed by atoms with Crippen LogP contribution in [0.15, 0.2) is 65.6 Å². The van der Waals surface area contributed by atoms with Gasteiger partial charge in [0.25, 0.3) is 5.56 Å². The van der Waals surface area contributed by atoms with E-state index in [1.807, 2.05) is 60.8 Å². The van der Waals surface area contributed by atoms with Gasteiger partial charge in [-0.3, -0.25) is 14.2 Å². The Morgan fingerprint density at radius 3 is 2.35 bits per heavy atom. The first kappa shape index (κ1) is 35.2. The van der Waals surface area contributed by atoms with Crippen LogP contribution in [0, 0.1) is 0 Å². The third kappa shape index (κ3) is 7.40. The number of methoxy groups -OCH3 is 1. The Morgan fingerprint density at radius 1 is 0.941 bits per heavy atom. The van der Waals surface area contributed by atoms with Crippen molar-refractivity contribution in [3.8, 4) is 39.4 Å². The van der Waals surface area contributed by atoms with E-state index in [2.05, 4.69) is 16.0 Å². The van der Waals surface area contributed by atoms with Gasteiger partial charge in [-0.25, -0.2) is 9.50 Å². The first-order valence-electron chi connectivity index (χ1n) is 17.3. The number of hydrogen-bond acceptors (Lipinski definition) is 8. The molecule has 13 heteroatoms. The highest BCUT2D eigenvalue weighted by Gasteiger charge is 2.22. The zero-order valence-electron chi connectivity index (χ0n) is 28.6. The average molecular weight is 731 g/mol. The molecule has 51 heavy (non-hydrogen) atoms. The molecule has 0 spiro atoms. The van der Waals surface area contributed by atoms with Crippen molar-refractivity contribution in [3.63, 3.8) is 0 Å². The molecule has 1 aliphatic heterocycles. The summed E-state index contributed by atoms with van der Waals surface area (Å²) in [5.41, 5.74) is 5.57. The quantitative estimate of drug-likeness (QED) is 0.140. The van der Waals surface area contributed by atoms with E-state index in [-0.39, 0.29) is 29.7 Å². The molecule has 11 nitrogen and oxygen atoms in total. The first-order valence-corrected chi connectivity index (χ1v) is 18.1. The minimum absolute atomic E-state index is 0.0937. The molecule has 4 heterocycles. The number of aromatic nitrogens is 4. The molecular weight excluding hydrogens is 689 g/mol. The summed E-state index contributed by atoms with van der Waals surface area (Å²) in [6.07, 6.45) is 6.35. The van der Waals surface area contributed by atoms with E-state index in [9.17, 15) is 14.7 Å². The Hall–Kier alpha value is -4.26. The first-order chi connectivity index (χ1) is 24.7. The largest absolute Gasteiger partial charge is 0.481 e. The summed E-state index contributed by atoms with van der Waals surface area (Å²) >= 11 is 14.2. The number of fused-ring (bicyclic) bond motifs is 1. The van der Waals surface area contributed by atoms with E-state index < -0.39 is 0 Å². The molecule has 5 aromatic rings. The van der Waals surface area contributed by atoms with Crippen LogP contribution in [-0.2, 0) is 24.9 Å². The van der Waals surface area contributed by atoms with Gasteiger partial charge in [-0.2, -0.15) is 5.10 Å². The molecular formula is C38H41Cl2N7O4. The van der Waals surface area contributed by atoms with Crippen LogP contribution in [0.2, 0.25) is 10.0 Å². The van der Waals surface area contributed by atoms with Crippen molar-refractivity contribution in [1.82, 2.24) is 35.1 Å². The van der Waals surface area contributed by atoms with Gasteiger partial charge in [0.2, 0.25) is 11.8 Å². The molecule has 0 bridgehead atoms. The van der Waals surface area contributed by atoms with Gasteiger partial charge in [0.05, 0.1) is 35.5 Å². The van der Waals surface area contributed by atoms with Crippen molar-refractivity contribution in [2.75, 3.05) is 13.7 Å². The van der Waals surface area contributed by atoms with Crippen LogP contribution in [0.4, 0.5) is 0 Å². The Labute approximate surface area is 306 Å². The van der Waals surface area contributed by atoms with Gasteiger partial charge in [-0.15, -0.1) is 0 Å². The lowest BCUT2D eigenvalue weighted by Crippen LogP contribution is -2.36. The van der Waals surface area contributed by atoms with Crippen LogP contribution in [0.1, 0.15) is 49.9 Å². The van der Waals surface area contributed by atoms with Gasteiger partial charge in [0, 0.05) is 78.2 Å². The standard InChI is InChI=1S/C38H41Cl2N7O4/c1-46-33(20-42-24-10-13-26(48)14-11-24)45-47-21-23(17-32(47)38(46)50)27-5-3-6-28(35(27)39)29-7-4-8-30(36(29)40)31-15-9-22(37(44-31)51-2)18-41-19-25-12-16-34(49)43-25/h3-9,15,17,21,24-26,41-42,48H,10-14,16,18-20H2,1-2H3,(H,43,49)/t24-,25-,26-/m1/s1. The zero-order chi connectivity index (χ0) is 35.6. The van der Waals surface area contributed by atoms with Crippen molar-refractivity contribution in [2.24, 2.45) is 7.05 Å². The van der Waals surface area contributed by atoms with Gasteiger partial charge in [-0.05, 0) is 44.2 Å². The summed E-state index contributed by atoms with van der Waals surface area (Å²) in [7, 11) is 3.33. The molecule has 0 unspecified atom stereocenters. The zero-order valence-corrected chi connectivity index (χ0v) is 30.1. The molecule has 2 fully saturated rings. The van der Waals surface area contributed by atoms with Gasteiger partial charge in [-0.1, -0.05) is 65.7 Å². The maximum atomic E-state index is 13.4. The maximum Gasteiger partial charge on any atom is 0.277 e. The minimum atomic E-state index is -0.225. The molecule has 1 aliphatic carbocycles. The second-order valence-corrected chi connectivity index (χ2v) is 14.1. The predicted octanol–water partition coefficient (Wildman–Crippen LogP) is 5.51. The maximum absolute atomic E-state index is 13.4. The van der Waals surface area contributed by atoms with Crippen molar-refractivity contribution in [2.45, 2.75) is 69.8 Å². The molecule has 7 rings (SSSR count). The molecule has 266 valence electrons. The molecule has 4 N–H and O–H groups in total.